The van der Waals surface area contributed by atoms with E-state index in [0.29, 0.717) is 31.7 Å². The maximum absolute atomic E-state index is 12.4. The van der Waals surface area contributed by atoms with Gasteiger partial charge in [0.1, 0.15) is 11.4 Å². The SMILES string of the molecule is CC(C)(C)C(=O)N1CCC2(CC1)OC(=O)Nc1ncccc12. The number of carbonyl (C=O) groups excluding carboxylic acids is 2. The minimum atomic E-state index is -0.666. The van der Waals surface area contributed by atoms with Gasteiger partial charge in [-0.3, -0.25) is 10.1 Å². The first kappa shape index (κ1) is 14.8. The number of fused-ring (bicyclic) bond motifs is 2. The molecule has 1 spiro atoms. The standard InChI is InChI=1S/C16H21N3O3/c1-15(2,3)13(20)19-9-6-16(7-10-19)11-5-4-8-17-12(11)18-14(21)22-16/h4-5,8H,6-7,9-10H2,1-3H3,(H,17,18,21). The van der Waals surface area contributed by atoms with E-state index in [1.54, 1.807) is 6.20 Å². The van der Waals surface area contributed by atoms with Crippen molar-refractivity contribution in [2.75, 3.05) is 18.4 Å². The highest BCUT2D eigenvalue weighted by molar-refractivity contribution is 5.87. The number of nitrogens with zero attached hydrogens (tertiary/aromatic N) is 2. The highest BCUT2D eigenvalue weighted by Gasteiger charge is 2.46. The summed E-state index contributed by atoms with van der Waals surface area (Å²) in [7, 11) is 0. The van der Waals surface area contributed by atoms with E-state index in [4.69, 9.17) is 4.74 Å². The number of rotatable bonds is 0. The van der Waals surface area contributed by atoms with Crippen molar-refractivity contribution in [3.63, 3.8) is 0 Å². The van der Waals surface area contributed by atoms with Crippen molar-refractivity contribution >= 4 is 17.8 Å². The summed E-state index contributed by atoms with van der Waals surface area (Å²) in [6.45, 7) is 6.92. The molecule has 118 valence electrons. The number of piperidine rings is 1. The molecule has 0 aliphatic carbocycles. The van der Waals surface area contributed by atoms with Crippen LogP contribution in [-0.2, 0) is 15.1 Å². The number of aromatic nitrogens is 1. The maximum Gasteiger partial charge on any atom is 0.413 e. The number of carbonyl (C=O) groups is 2. The molecule has 2 amide bonds. The van der Waals surface area contributed by atoms with Gasteiger partial charge in [0.25, 0.3) is 0 Å². The molecule has 0 saturated carbocycles. The fourth-order valence-corrected chi connectivity index (χ4v) is 3.14. The molecule has 6 nitrogen and oxygen atoms in total. The number of pyridine rings is 1. The van der Waals surface area contributed by atoms with Crippen molar-refractivity contribution in [1.82, 2.24) is 9.88 Å². The van der Waals surface area contributed by atoms with Crippen molar-refractivity contribution in [1.29, 1.82) is 0 Å². The molecule has 1 aromatic heterocycles. The third kappa shape index (κ3) is 2.42. The molecule has 2 aliphatic heterocycles. The normalized spacial score (nSPS) is 20.1. The van der Waals surface area contributed by atoms with E-state index in [-0.39, 0.29) is 5.91 Å². The molecular formula is C16H21N3O3. The Morgan fingerprint density at radius 1 is 1.36 bits per heavy atom. The Bertz CT molecular complexity index is 613. The van der Waals surface area contributed by atoms with Gasteiger partial charge in [-0.25, -0.2) is 9.78 Å². The van der Waals surface area contributed by atoms with Crippen LogP contribution in [0.15, 0.2) is 18.3 Å². The van der Waals surface area contributed by atoms with Gasteiger partial charge in [0.05, 0.1) is 0 Å². The average Bonchev–Trinajstić information content (AvgIpc) is 2.46. The van der Waals surface area contributed by atoms with Gasteiger partial charge in [0, 0.05) is 43.1 Å². The molecule has 0 atom stereocenters. The molecule has 0 aromatic carbocycles. The zero-order valence-corrected chi connectivity index (χ0v) is 13.2. The van der Waals surface area contributed by atoms with Crippen molar-refractivity contribution in [2.45, 2.75) is 39.2 Å². The molecule has 0 radical (unpaired) electrons. The van der Waals surface area contributed by atoms with Crippen LogP contribution in [0.25, 0.3) is 0 Å². The lowest BCUT2D eigenvalue weighted by Gasteiger charge is -2.44. The van der Waals surface area contributed by atoms with Gasteiger partial charge in [-0.1, -0.05) is 20.8 Å². The smallest absolute Gasteiger partial charge is 0.413 e. The van der Waals surface area contributed by atoms with Crippen molar-refractivity contribution < 1.29 is 14.3 Å². The number of amides is 2. The lowest BCUT2D eigenvalue weighted by Crippen LogP contribution is -2.51. The summed E-state index contributed by atoms with van der Waals surface area (Å²) in [6, 6.07) is 3.77. The largest absolute Gasteiger partial charge is 0.437 e. The number of likely N-dealkylation sites (tertiary alicyclic amines) is 1. The lowest BCUT2D eigenvalue weighted by molar-refractivity contribution is -0.144. The quantitative estimate of drug-likeness (QED) is 0.799. The summed E-state index contributed by atoms with van der Waals surface area (Å²) in [5, 5.41) is 2.64. The molecule has 1 saturated heterocycles. The number of hydrogen-bond acceptors (Lipinski definition) is 4. The van der Waals surface area contributed by atoms with Crippen LogP contribution in [0.4, 0.5) is 10.6 Å². The molecule has 2 aliphatic rings. The molecule has 1 fully saturated rings. The fraction of sp³-hybridized carbons (Fsp3) is 0.562. The van der Waals surface area contributed by atoms with Crippen LogP contribution < -0.4 is 5.32 Å². The van der Waals surface area contributed by atoms with Gasteiger partial charge >= 0.3 is 6.09 Å². The second kappa shape index (κ2) is 4.97. The molecule has 1 aromatic rings. The number of ether oxygens (including phenoxy) is 1. The number of hydrogen-bond donors (Lipinski definition) is 1. The zero-order chi connectivity index (χ0) is 16.0. The molecule has 1 N–H and O–H groups in total. The van der Waals surface area contributed by atoms with Crippen molar-refractivity contribution in [3.8, 4) is 0 Å². The van der Waals surface area contributed by atoms with Crippen LogP contribution in [0.1, 0.15) is 39.2 Å². The van der Waals surface area contributed by atoms with E-state index in [1.807, 2.05) is 37.8 Å². The summed E-state index contributed by atoms with van der Waals surface area (Å²) >= 11 is 0. The first-order valence-corrected chi connectivity index (χ1v) is 7.57. The van der Waals surface area contributed by atoms with Gasteiger partial charge in [-0.15, -0.1) is 0 Å². The Morgan fingerprint density at radius 2 is 2.05 bits per heavy atom. The Morgan fingerprint density at radius 3 is 2.68 bits per heavy atom. The van der Waals surface area contributed by atoms with Crippen LogP contribution in [-0.4, -0.2) is 35.0 Å². The summed E-state index contributed by atoms with van der Waals surface area (Å²) in [4.78, 5) is 30.3. The van der Waals surface area contributed by atoms with Gasteiger partial charge in [-0.2, -0.15) is 0 Å². The second-order valence-corrected chi connectivity index (χ2v) is 6.95. The van der Waals surface area contributed by atoms with Crippen molar-refractivity contribution in [2.24, 2.45) is 5.41 Å². The highest BCUT2D eigenvalue weighted by Crippen LogP contribution is 2.42. The average molecular weight is 303 g/mol. The molecule has 22 heavy (non-hydrogen) atoms. The Labute approximate surface area is 129 Å². The monoisotopic (exact) mass is 303 g/mol. The van der Waals surface area contributed by atoms with E-state index in [9.17, 15) is 9.59 Å². The first-order valence-electron chi connectivity index (χ1n) is 7.57. The number of nitrogens with one attached hydrogen (secondary N) is 1. The number of anilines is 1. The molecule has 0 bridgehead atoms. The molecule has 3 rings (SSSR count). The minimum absolute atomic E-state index is 0.133. The van der Waals surface area contributed by atoms with Gasteiger partial charge in [-0.05, 0) is 12.1 Å². The van der Waals surface area contributed by atoms with Gasteiger partial charge in [0.2, 0.25) is 5.91 Å². The summed E-state index contributed by atoms with van der Waals surface area (Å²) in [5.41, 5.74) is -0.160. The highest BCUT2D eigenvalue weighted by atomic mass is 16.6. The van der Waals surface area contributed by atoms with Gasteiger partial charge in [0.15, 0.2) is 0 Å². The van der Waals surface area contributed by atoms with E-state index in [1.165, 1.54) is 0 Å². The van der Waals surface area contributed by atoms with Crippen LogP contribution in [0, 0.1) is 5.41 Å². The predicted molar refractivity (Wildman–Crippen MR) is 81.3 cm³/mol. The first-order chi connectivity index (χ1) is 10.3. The Balaban J connectivity index is 1.84. The van der Waals surface area contributed by atoms with E-state index >= 15 is 0 Å². The topological polar surface area (TPSA) is 71.5 Å². The van der Waals surface area contributed by atoms with Crippen LogP contribution >= 0.6 is 0 Å². The van der Waals surface area contributed by atoms with Crippen LogP contribution in [0.2, 0.25) is 0 Å². The zero-order valence-electron chi connectivity index (χ0n) is 13.2. The Hall–Kier alpha value is -2.11. The molecule has 3 heterocycles. The van der Waals surface area contributed by atoms with E-state index in [0.717, 1.165) is 5.56 Å². The third-order valence-electron chi connectivity index (χ3n) is 4.31. The maximum atomic E-state index is 12.4. The van der Waals surface area contributed by atoms with E-state index in [2.05, 4.69) is 10.3 Å². The molecule has 6 heteroatoms. The van der Waals surface area contributed by atoms with Crippen LogP contribution in [0.5, 0.6) is 0 Å². The Kier molecular flexibility index (Phi) is 3.34. The minimum Gasteiger partial charge on any atom is -0.437 e. The van der Waals surface area contributed by atoms with E-state index < -0.39 is 17.1 Å². The van der Waals surface area contributed by atoms with Crippen LogP contribution in [0.3, 0.4) is 0 Å². The predicted octanol–water partition coefficient (Wildman–Crippen LogP) is 2.51. The lowest BCUT2D eigenvalue weighted by atomic mass is 9.82. The summed E-state index contributed by atoms with van der Waals surface area (Å²) in [5.74, 6) is 0.698. The fourth-order valence-electron chi connectivity index (χ4n) is 3.14. The summed E-state index contributed by atoms with van der Waals surface area (Å²) < 4.78 is 5.63. The summed E-state index contributed by atoms with van der Waals surface area (Å²) in [6.07, 6.45) is 2.37. The second-order valence-electron chi connectivity index (χ2n) is 6.95. The van der Waals surface area contributed by atoms with Crippen molar-refractivity contribution in [3.05, 3.63) is 23.9 Å². The van der Waals surface area contributed by atoms with Gasteiger partial charge < -0.3 is 9.64 Å². The molecule has 0 unspecified atom stereocenters. The molecular weight excluding hydrogens is 282 g/mol. The third-order valence-corrected chi connectivity index (χ3v) is 4.31.